The van der Waals surface area contributed by atoms with Crippen molar-refractivity contribution in [2.45, 2.75) is 37.2 Å². The van der Waals surface area contributed by atoms with E-state index in [9.17, 15) is 9.59 Å². The van der Waals surface area contributed by atoms with Crippen molar-refractivity contribution < 1.29 is 19.1 Å². The summed E-state index contributed by atoms with van der Waals surface area (Å²) in [6, 6.07) is 5.24. The Bertz CT molecular complexity index is 696. The molecule has 1 aromatic rings. The average molecular weight is 364 g/mol. The van der Waals surface area contributed by atoms with Gasteiger partial charge in [0.1, 0.15) is 6.04 Å². The molecule has 2 aliphatic heterocycles. The molecule has 25 heavy (non-hydrogen) atoms. The maximum atomic E-state index is 13.0. The fraction of sp³-hybridized carbons (Fsp3) is 0.556. The molecule has 0 aromatic heterocycles. The molecule has 2 amide bonds. The number of para-hydroxylation sites is 1. The lowest BCUT2D eigenvalue weighted by Gasteiger charge is -2.32. The number of hydrogen-bond acceptors (Lipinski definition) is 5. The van der Waals surface area contributed by atoms with Gasteiger partial charge >= 0.3 is 0 Å². The van der Waals surface area contributed by atoms with Crippen molar-refractivity contribution in [2.24, 2.45) is 0 Å². The van der Waals surface area contributed by atoms with Gasteiger partial charge in [-0.25, -0.2) is 0 Å². The lowest BCUT2D eigenvalue weighted by atomic mass is 10.1. The molecule has 1 aromatic carbocycles. The van der Waals surface area contributed by atoms with E-state index >= 15 is 0 Å². The van der Waals surface area contributed by atoms with Crippen LogP contribution in [0.3, 0.4) is 0 Å². The van der Waals surface area contributed by atoms with Crippen LogP contribution in [0.25, 0.3) is 0 Å². The molecule has 0 saturated carbocycles. The van der Waals surface area contributed by atoms with Crippen molar-refractivity contribution in [2.75, 3.05) is 27.0 Å². The van der Waals surface area contributed by atoms with Crippen molar-refractivity contribution in [3.63, 3.8) is 0 Å². The van der Waals surface area contributed by atoms with Crippen molar-refractivity contribution >= 4 is 23.6 Å². The highest BCUT2D eigenvalue weighted by atomic mass is 32.2. The summed E-state index contributed by atoms with van der Waals surface area (Å²) in [6.45, 7) is 2.46. The number of benzene rings is 1. The number of rotatable bonds is 5. The van der Waals surface area contributed by atoms with Crippen LogP contribution in [-0.2, 0) is 16.1 Å². The summed E-state index contributed by atoms with van der Waals surface area (Å²) in [6.07, 6.45) is 1.34. The zero-order valence-electron chi connectivity index (χ0n) is 15.1. The molecule has 2 fully saturated rings. The van der Waals surface area contributed by atoms with E-state index in [1.807, 2.05) is 18.2 Å². The molecule has 2 saturated heterocycles. The highest BCUT2D eigenvalue weighted by Crippen LogP contribution is 2.47. The molecule has 2 atom stereocenters. The zero-order chi connectivity index (χ0) is 18.2. The van der Waals surface area contributed by atoms with Crippen LogP contribution in [0.4, 0.5) is 0 Å². The van der Waals surface area contributed by atoms with Gasteiger partial charge in [-0.3, -0.25) is 9.59 Å². The second-order valence-electron chi connectivity index (χ2n) is 6.61. The number of nitrogens with zero attached hydrogens (tertiary/aromatic N) is 2. The van der Waals surface area contributed by atoms with E-state index in [0.29, 0.717) is 30.2 Å². The zero-order valence-corrected chi connectivity index (χ0v) is 15.9. The quantitative estimate of drug-likeness (QED) is 0.801. The third-order valence-electron chi connectivity index (χ3n) is 5.00. The number of thioether (sulfide) groups is 1. The van der Waals surface area contributed by atoms with Crippen LogP contribution in [0.5, 0.6) is 11.5 Å². The monoisotopic (exact) mass is 364 g/mol. The van der Waals surface area contributed by atoms with Gasteiger partial charge in [0.05, 0.1) is 19.1 Å². The summed E-state index contributed by atoms with van der Waals surface area (Å²) < 4.78 is 10.8. The van der Waals surface area contributed by atoms with Gasteiger partial charge in [-0.1, -0.05) is 12.1 Å². The Kier molecular flexibility index (Phi) is 4.86. The predicted octanol–water partition coefficient (Wildman–Crippen LogP) is 2.12. The van der Waals surface area contributed by atoms with Crippen LogP contribution < -0.4 is 9.47 Å². The van der Waals surface area contributed by atoms with E-state index < -0.39 is 0 Å². The van der Waals surface area contributed by atoms with Crippen molar-refractivity contribution in [1.82, 2.24) is 9.80 Å². The van der Waals surface area contributed by atoms with Crippen LogP contribution >= 0.6 is 11.8 Å². The molecule has 2 heterocycles. The van der Waals surface area contributed by atoms with E-state index in [4.69, 9.17) is 9.47 Å². The lowest BCUT2D eigenvalue weighted by molar-refractivity contribution is -0.143. The molecule has 0 radical (unpaired) electrons. The predicted molar refractivity (Wildman–Crippen MR) is 96.8 cm³/mol. The Morgan fingerprint density at radius 1 is 1.40 bits per heavy atom. The van der Waals surface area contributed by atoms with Gasteiger partial charge in [-0.2, -0.15) is 0 Å². The van der Waals surface area contributed by atoms with Gasteiger partial charge in [0.15, 0.2) is 11.5 Å². The highest BCUT2D eigenvalue weighted by Gasteiger charge is 2.53. The molecule has 0 aliphatic carbocycles. The van der Waals surface area contributed by atoms with Crippen LogP contribution in [0.2, 0.25) is 0 Å². The molecular formula is C18H24N2O4S. The number of amides is 2. The van der Waals surface area contributed by atoms with E-state index in [2.05, 4.69) is 6.92 Å². The SMILES string of the molecule is COc1cccc(CN(C)C(=O)[C@@H]2CS[C@@]3(C)CCC(=O)N23)c1OC. The van der Waals surface area contributed by atoms with Gasteiger partial charge in [0, 0.05) is 31.3 Å². The Balaban J connectivity index is 1.77. The van der Waals surface area contributed by atoms with E-state index in [0.717, 1.165) is 12.0 Å². The fourth-order valence-electron chi connectivity index (χ4n) is 3.67. The number of carbonyl (C=O) groups excluding carboxylic acids is 2. The standard InChI is InChI=1S/C18H24N2O4S/c1-18-9-8-15(21)20(18)13(11-25-18)17(22)19(2)10-12-6-5-7-14(23-3)16(12)24-4/h5-7,13H,8-11H2,1-4H3/t13-,18-/m0/s1. The van der Waals surface area contributed by atoms with Crippen molar-refractivity contribution in [3.05, 3.63) is 23.8 Å². The third-order valence-corrected chi connectivity index (χ3v) is 6.50. The minimum absolute atomic E-state index is 0.0312. The maximum Gasteiger partial charge on any atom is 0.246 e. The fourth-order valence-corrected chi connectivity index (χ4v) is 5.09. The van der Waals surface area contributed by atoms with Crippen LogP contribution in [-0.4, -0.2) is 59.5 Å². The number of fused-ring (bicyclic) bond motifs is 1. The topological polar surface area (TPSA) is 59.1 Å². The minimum atomic E-state index is -0.383. The third kappa shape index (κ3) is 3.05. The van der Waals surface area contributed by atoms with Gasteiger partial charge in [-0.05, 0) is 19.4 Å². The Hall–Kier alpha value is -1.89. The Morgan fingerprint density at radius 3 is 2.84 bits per heavy atom. The van der Waals surface area contributed by atoms with Gasteiger partial charge in [-0.15, -0.1) is 11.8 Å². The van der Waals surface area contributed by atoms with E-state index in [1.165, 1.54) is 0 Å². The largest absolute Gasteiger partial charge is 0.493 e. The Morgan fingerprint density at radius 2 is 2.16 bits per heavy atom. The number of hydrogen-bond donors (Lipinski definition) is 0. The first-order chi connectivity index (χ1) is 11.9. The van der Waals surface area contributed by atoms with Crippen LogP contribution in [0.1, 0.15) is 25.3 Å². The molecular weight excluding hydrogens is 340 g/mol. The normalized spacial score (nSPS) is 25.0. The first kappa shape index (κ1) is 17.9. The molecule has 136 valence electrons. The summed E-state index contributed by atoms with van der Waals surface area (Å²) in [5, 5.41) is 0. The van der Waals surface area contributed by atoms with Gasteiger partial charge in [0.2, 0.25) is 11.8 Å². The van der Waals surface area contributed by atoms with Gasteiger partial charge in [0.25, 0.3) is 0 Å². The molecule has 0 unspecified atom stereocenters. The van der Waals surface area contributed by atoms with Gasteiger partial charge < -0.3 is 19.3 Å². The second kappa shape index (κ2) is 6.78. The Labute approximate surface area is 152 Å². The van der Waals surface area contributed by atoms with Crippen molar-refractivity contribution in [3.8, 4) is 11.5 Å². The van der Waals surface area contributed by atoms with Crippen LogP contribution in [0.15, 0.2) is 18.2 Å². The molecule has 0 N–H and O–H groups in total. The molecule has 2 aliphatic rings. The molecule has 6 nitrogen and oxygen atoms in total. The summed E-state index contributed by atoms with van der Waals surface area (Å²) in [5.74, 6) is 1.97. The first-order valence-corrected chi connectivity index (χ1v) is 9.31. The summed E-state index contributed by atoms with van der Waals surface area (Å²) in [7, 11) is 4.94. The van der Waals surface area contributed by atoms with Crippen LogP contribution in [0, 0.1) is 0 Å². The lowest BCUT2D eigenvalue weighted by Crippen LogP contribution is -2.50. The minimum Gasteiger partial charge on any atom is -0.493 e. The summed E-state index contributed by atoms with van der Waals surface area (Å²) in [4.78, 5) is 28.5. The van der Waals surface area contributed by atoms with E-state index in [1.54, 1.807) is 42.8 Å². The summed E-state index contributed by atoms with van der Waals surface area (Å²) >= 11 is 1.71. The number of likely N-dealkylation sites (N-methyl/N-ethyl adjacent to an activating group) is 1. The average Bonchev–Trinajstić information content (AvgIpc) is 3.10. The van der Waals surface area contributed by atoms with Crippen molar-refractivity contribution in [1.29, 1.82) is 0 Å². The van der Waals surface area contributed by atoms with E-state index in [-0.39, 0.29) is 22.7 Å². The molecule has 3 rings (SSSR count). The number of carbonyl (C=O) groups is 2. The first-order valence-electron chi connectivity index (χ1n) is 8.32. The number of methoxy groups -OCH3 is 2. The highest BCUT2D eigenvalue weighted by molar-refractivity contribution is 8.01. The second-order valence-corrected chi connectivity index (χ2v) is 8.11. The number of ether oxygens (including phenoxy) is 2. The summed E-state index contributed by atoms with van der Waals surface area (Å²) in [5.41, 5.74) is 0.874. The smallest absolute Gasteiger partial charge is 0.246 e. The molecule has 0 spiro atoms. The maximum absolute atomic E-state index is 13.0. The molecule has 7 heteroatoms. The molecule has 0 bridgehead atoms.